The van der Waals surface area contributed by atoms with Gasteiger partial charge in [-0.2, -0.15) is 0 Å². The van der Waals surface area contributed by atoms with E-state index in [-0.39, 0.29) is 5.91 Å². The van der Waals surface area contributed by atoms with E-state index in [1.54, 1.807) is 0 Å². The first-order chi connectivity index (χ1) is 9.13. The number of anilines is 1. The van der Waals surface area contributed by atoms with Crippen molar-refractivity contribution >= 4 is 38.9 Å². The molecule has 1 amide bonds. The molecule has 0 fully saturated rings. The predicted octanol–water partition coefficient (Wildman–Crippen LogP) is 3.29. The van der Waals surface area contributed by atoms with Crippen molar-refractivity contribution in [3.63, 3.8) is 0 Å². The highest BCUT2D eigenvalue weighted by Gasteiger charge is 2.22. The fourth-order valence-corrected chi connectivity index (χ4v) is 3.49. The average molecular weight is 337 g/mol. The SMILES string of the molecule is Nc1ccc2c(c1)CN(C(=O)c1csc(Br)c1)CC2. The largest absolute Gasteiger partial charge is 0.399 e. The number of nitrogen functional groups attached to an aromatic ring is 1. The van der Waals surface area contributed by atoms with E-state index in [1.807, 2.05) is 28.5 Å². The fourth-order valence-electron chi connectivity index (χ4n) is 2.36. The molecule has 2 heterocycles. The highest BCUT2D eigenvalue weighted by molar-refractivity contribution is 9.11. The number of benzene rings is 1. The number of rotatable bonds is 1. The summed E-state index contributed by atoms with van der Waals surface area (Å²) in [7, 11) is 0. The minimum absolute atomic E-state index is 0.0926. The highest BCUT2D eigenvalue weighted by atomic mass is 79.9. The zero-order chi connectivity index (χ0) is 13.4. The second-order valence-electron chi connectivity index (χ2n) is 4.64. The Kier molecular flexibility index (Phi) is 3.33. The number of carbonyl (C=O) groups excluding carboxylic acids is 1. The molecule has 0 saturated heterocycles. The van der Waals surface area contributed by atoms with E-state index in [0.29, 0.717) is 6.54 Å². The van der Waals surface area contributed by atoms with Crippen LogP contribution in [0.25, 0.3) is 0 Å². The molecule has 0 unspecified atom stereocenters. The topological polar surface area (TPSA) is 46.3 Å². The van der Waals surface area contributed by atoms with Crippen molar-refractivity contribution in [1.29, 1.82) is 0 Å². The number of hydrogen-bond acceptors (Lipinski definition) is 3. The molecule has 0 radical (unpaired) electrons. The van der Waals surface area contributed by atoms with Crippen LogP contribution in [0.2, 0.25) is 0 Å². The molecule has 0 saturated carbocycles. The zero-order valence-electron chi connectivity index (χ0n) is 10.2. The Bertz CT molecular complexity index is 638. The number of thiophene rings is 1. The molecule has 98 valence electrons. The van der Waals surface area contributed by atoms with Gasteiger partial charge in [0.25, 0.3) is 5.91 Å². The van der Waals surface area contributed by atoms with E-state index in [9.17, 15) is 4.79 Å². The molecule has 3 nitrogen and oxygen atoms in total. The lowest BCUT2D eigenvalue weighted by Gasteiger charge is -2.28. The van der Waals surface area contributed by atoms with Crippen LogP contribution in [0.15, 0.2) is 33.4 Å². The van der Waals surface area contributed by atoms with Crippen LogP contribution in [-0.2, 0) is 13.0 Å². The molecule has 2 aromatic rings. The summed E-state index contributed by atoms with van der Waals surface area (Å²) in [6.45, 7) is 1.41. The molecule has 3 rings (SSSR count). The smallest absolute Gasteiger partial charge is 0.255 e. The maximum absolute atomic E-state index is 12.4. The molecule has 0 aliphatic carbocycles. The summed E-state index contributed by atoms with van der Waals surface area (Å²) in [5, 5.41) is 1.89. The van der Waals surface area contributed by atoms with E-state index < -0.39 is 0 Å². The Balaban J connectivity index is 1.83. The van der Waals surface area contributed by atoms with Crippen LogP contribution in [-0.4, -0.2) is 17.4 Å². The van der Waals surface area contributed by atoms with Crippen LogP contribution in [0.3, 0.4) is 0 Å². The van der Waals surface area contributed by atoms with E-state index in [2.05, 4.69) is 22.0 Å². The average Bonchev–Trinajstić information content (AvgIpc) is 2.83. The number of hydrogen-bond donors (Lipinski definition) is 1. The molecule has 2 N–H and O–H groups in total. The van der Waals surface area contributed by atoms with Crippen molar-refractivity contribution in [3.8, 4) is 0 Å². The van der Waals surface area contributed by atoms with E-state index >= 15 is 0 Å². The van der Waals surface area contributed by atoms with Crippen LogP contribution in [0.5, 0.6) is 0 Å². The monoisotopic (exact) mass is 336 g/mol. The van der Waals surface area contributed by atoms with Crippen molar-refractivity contribution in [3.05, 3.63) is 50.1 Å². The van der Waals surface area contributed by atoms with Gasteiger partial charge in [-0.1, -0.05) is 6.07 Å². The van der Waals surface area contributed by atoms with Gasteiger partial charge >= 0.3 is 0 Å². The summed E-state index contributed by atoms with van der Waals surface area (Å²) >= 11 is 4.92. The molecule has 0 spiro atoms. The van der Waals surface area contributed by atoms with Gasteiger partial charge in [0, 0.05) is 24.2 Å². The Hall–Kier alpha value is -1.33. The van der Waals surface area contributed by atoms with Crippen LogP contribution in [0.4, 0.5) is 5.69 Å². The Labute approximate surface area is 124 Å². The van der Waals surface area contributed by atoms with Gasteiger partial charge in [0.05, 0.1) is 9.35 Å². The zero-order valence-corrected chi connectivity index (χ0v) is 12.6. The van der Waals surface area contributed by atoms with Crippen molar-refractivity contribution in [2.24, 2.45) is 0 Å². The fraction of sp³-hybridized carbons (Fsp3) is 0.214. The molecule has 1 aromatic heterocycles. The maximum Gasteiger partial charge on any atom is 0.255 e. The lowest BCUT2D eigenvalue weighted by molar-refractivity contribution is 0.0735. The first-order valence-electron chi connectivity index (χ1n) is 6.04. The van der Waals surface area contributed by atoms with Crippen LogP contribution in [0, 0.1) is 0 Å². The third-order valence-electron chi connectivity index (χ3n) is 3.34. The van der Waals surface area contributed by atoms with Crippen LogP contribution < -0.4 is 5.73 Å². The summed E-state index contributed by atoms with van der Waals surface area (Å²) in [5.74, 6) is 0.0926. The van der Waals surface area contributed by atoms with Crippen LogP contribution in [0.1, 0.15) is 21.5 Å². The van der Waals surface area contributed by atoms with Crippen LogP contribution >= 0.6 is 27.3 Å². The summed E-state index contributed by atoms with van der Waals surface area (Å²) in [5.41, 5.74) is 9.78. The first-order valence-corrected chi connectivity index (χ1v) is 7.71. The van der Waals surface area contributed by atoms with Gasteiger partial charge in [-0.15, -0.1) is 11.3 Å². The third kappa shape index (κ3) is 2.53. The lowest BCUT2D eigenvalue weighted by atomic mass is 9.99. The third-order valence-corrected chi connectivity index (χ3v) is 4.85. The van der Waals surface area contributed by atoms with Crippen molar-refractivity contribution < 1.29 is 4.79 Å². The van der Waals surface area contributed by atoms with E-state index in [4.69, 9.17) is 5.73 Å². The summed E-state index contributed by atoms with van der Waals surface area (Å²) in [4.78, 5) is 14.3. The second kappa shape index (κ2) is 4.98. The molecule has 19 heavy (non-hydrogen) atoms. The molecule has 5 heteroatoms. The van der Waals surface area contributed by atoms with Crippen molar-refractivity contribution in [2.45, 2.75) is 13.0 Å². The van der Waals surface area contributed by atoms with Gasteiger partial charge in [0.2, 0.25) is 0 Å². The molecule has 1 aliphatic heterocycles. The number of amides is 1. The minimum atomic E-state index is 0.0926. The molecular formula is C14H13BrN2OS. The summed E-state index contributed by atoms with van der Waals surface area (Å²) in [6, 6.07) is 7.83. The Morgan fingerprint density at radius 2 is 2.16 bits per heavy atom. The Morgan fingerprint density at radius 1 is 1.32 bits per heavy atom. The first kappa shape index (κ1) is 12.7. The number of halogens is 1. The quantitative estimate of drug-likeness (QED) is 0.812. The molecule has 1 aliphatic rings. The van der Waals surface area contributed by atoms with E-state index in [0.717, 1.165) is 33.6 Å². The van der Waals surface area contributed by atoms with E-state index in [1.165, 1.54) is 16.9 Å². The molecule has 1 aromatic carbocycles. The standard InChI is InChI=1S/C14H13BrN2OS/c15-13-6-11(8-19-13)14(18)17-4-3-9-1-2-12(16)5-10(9)7-17/h1-2,5-6,8H,3-4,7,16H2. The highest BCUT2D eigenvalue weighted by Crippen LogP contribution is 2.25. The van der Waals surface area contributed by atoms with Gasteiger partial charge in [-0.25, -0.2) is 0 Å². The Morgan fingerprint density at radius 3 is 2.89 bits per heavy atom. The number of fused-ring (bicyclic) bond motifs is 1. The number of nitrogens with zero attached hydrogens (tertiary/aromatic N) is 1. The van der Waals surface area contributed by atoms with Gasteiger partial charge in [-0.05, 0) is 51.7 Å². The minimum Gasteiger partial charge on any atom is -0.399 e. The molecule has 0 bridgehead atoms. The van der Waals surface area contributed by atoms with Gasteiger partial charge in [-0.3, -0.25) is 4.79 Å². The number of nitrogens with two attached hydrogens (primary N) is 1. The maximum atomic E-state index is 12.4. The normalized spacial score (nSPS) is 14.3. The van der Waals surface area contributed by atoms with Gasteiger partial charge in [0.1, 0.15) is 0 Å². The predicted molar refractivity (Wildman–Crippen MR) is 81.3 cm³/mol. The second-order valence-corrected chi connectivity index (χ2v) is 6.93. The van der Waals surface area contributed by atoms with Crippen molar-refractivity contribution in [1.82, 2.24) is 4.90 Å². The lowest BCUT2D eigenvalue weighted by Crippen LogP contribution is -2.35. The number of carbonyl (C=O) groups is 1. The van der Waals surface area contributed by atoms with Gasteiger partial charge in [0.15, 0.2) is 0 Å². The molecule has 0 atom stereocenters. The summed E-state index contributed by atoms with van der Waals surface area (Å²) < 4.78 is 0.984. The summed E-state index contributed by atoms with van der Waals surface area (Å²) in [6.07, 6.45) is 0.895. The van der Waals surface area contributed by atoms with Crippen molar-refractivity contribution in [2.75, 3.05) is 12.3 Å². The molecular weight excluding hydrogens is 324 g/mol. The van der Waals surface area contributed by atoms with Gasteiger partial charge < -0.3 is 10.6 Å².